The van der Waals surface area contributed by atoms with Gasteiger partial charge in [0.05, 0.1) is 0 Å². The van der Waals surface area contributed by atoms with Crippen LogP contribution in [0.4, 0.5) is 0 Å². The van der Waals surface area contributed by atoms with Crippen molar-refractivity contribution in [2.24, 2.45) is 0 Å². The topological polar surface area (TPSA) is 26.3 Å². The predicted molar refractivity (Wildman–Crippen MR) is 90.2 cm³/mol. The van der Waals surface area contributed by atoms with Gasteiger partial charge in [-0.1, -0.05) is 71.9 Å². The molecule has 2 atom stereocenters. The summed E-state index contributed by atoms with van der Waals surface area (Å²) in [5, 5.41) is 0. The van der Waals surface area contributed by atoms with Crippen LogP contribution >= 0.6 is 23.4 Å². The first-order valence-corrected chi connectivity index (χ1v) is 8.33. The molecular formula is C18H17ClO2S. The van der Waals surface area contributed by atoms with Crippen LogP contribution in [-0.4, -0.2) is 15.6 Å². The lowest BCUT2D eigenvalue weighted by molar-refractivity contribution is -0.129. The molecule has 0 amide bonds. The van der Waals surface area contributed by atoms with Crippen molar-refractivity contribution in [1.82, 2.24) is 0 Å². The molecule has 114 valence electrons. The Morgan fingerprint density at radius 2 is 1.55 bits per heavy atom. The van der Waals surface area contributed by atoms with Crippen LogP contribution in [-0.2, 0) is 9.53 Å². The second-order valence-corrected chi connectivity index (χ2v) is 7.95. The van der Waals surface area contributed by atoms with Crippen molar-refractivity contribution < 1.29 is 9.53 Å². The zero-order valence-corrected chi connectivity index (χ0v) is 14.0. The number of halogens is 1. The molecule has 0 aromatic heterocycles. The van der Waals surface area contributed by atoms with Crippen molar-refractivity contribution in [2.45, 2.75) is 34.7 Å². The molecule has 0 aliphatic carbocycles. The maximum Gasteiger partial charge on any atom is 0.198 e. The van der Waals surface area contributed by atoms with Crippen molar-refractivity contribution in [3.8, 4) is 0 Å². The average Bonchev–Trinajstić information content (AvgIpc) is 2.70. The Labute approximate surface area is 139 Å². The van der Waals surface area contributed by atoms with E-state index in [2.05, 4.69) is 0 Å². The Morgan fingerprint density at radius 3 is 2.14 bits per heavy atom. The zero-order chi connectivity index (χ0) is 15.8. The van der Waals surface area contributed by atoms with E-state index in [9.17, 15) is 4.79 Å². The maximum absolute atomic E-state index is 12.9. The highest BCUT2D eigenvalue weighted by Crippen LogP contribution is 2.55. The predicted octanol–water partition coefficient (Wildman–Crippen LogP) is 4.83. The number of carbonyl (C=O) groups excluding carboxylic acids is 1. The van der Waals surface area contributed by atoms with Crippen LogP contribution in [0.2, 0.25) is 0 Å². The van der Waals surface area contributed by atoms with E-state index in [1.165, 1.54) is 11.8 Å². The van der Waals surface area contributed by atoms with E-state index in [0.717, 1.165) is 10.5 Å². The first-order valence-electron chi connectivity index (χ1n) is 7.14. The van der Waals surface area contributed by atoms with Gasteiger partial charge in [0.2, 0.25) is 0 Å². The molecule has 0 bridgehead atoms. The Hall–Kier alpha value is -1.29. The second kappa shape index (κ2) is 5.73. The largest absolute Gasteiger partial charge is 0.357 e. The van der Waals surface area contributed by atoms with Gasteiger partial charge in [0.25, 0.3) is 0 Å². The number of rotatable bonds is 3. The number of alkyl halides is 1. The number of thioether (sulfide) groups is 1. The van der Waals surface area contributed by atoms with Gasteiger partial charge in [-0.3, -0.25) is 4.79 Å². The highest BCUT2D eigenvalue weighted by Gasteiger charge is 2.60. The number of benzene rings is 2. The van der Waals surface area contributed by atoms with Gasteiger partial charge in [0, 0.05) is 4.90 Å². The summed E-state index contributed by atoms with van der Waals surface area (Å²) in [7, 11) is 0. The average molecular weight is 333 g/mol. The Morgan fingerprint density at radius 1 is 1.00 bits per heavy atom. The molecule has 1 aliphatic heterocycles. The lowest BCUT2D eigenvalue weighted by atomic mass is 10.00. The van der Waals surface area contributed by atoms with E-state index in [1.54, 1.807) is 13.8 Å². The molecule has 0 radical (unpaired) electrons. The minimum absolute atomic E-state index is 0.0932. The van der Waals surface area contributed by atoms with Crippen LogP contribution in [0.15, 0.2) is 65.6 Å². The van der Waals surface area contributed by atoms with E-state index in [-0.39, 0.29) is 5.78 Å². The summed E-state index contributed by atoms with van der Waals surface area (Å²) in [6, 6.07) is 19.4. The summed E-state index contributed by atoms with van der Waals surface area (Å²) in [6.45, 7) is 3.56. The van der Waals surface area contributed by atoms with Gasteiger partial charge < -0.3 is 4.74 Å². The normalized spacial score (nSPS) is 27.0. The summed E-state index contributed by atoms with van der Waals surface area (Å²) in [5.74, 6) is -0.0932. The SMILES string of the molecule is CC1(C)O[C@H](c2ccccc2)C(Cl)(Sc2ccccc2)C1=O. The van der Waals surface area contributed by atoms with Gasteiger partial charge in [-0.05, 0) is 31.5 Å². The second-order valence-electron chi connectivity index (χ2n) is 5.81. The van der Waals surface area contributed by atoms with Crippen molar-refractivity contribution in [3.05, 3.63) is 66.2 Å². The monoisotopic (exact) mass is 332 g/mol. The molecule has 2 aromatic rings. The van der Waals surface area contributed by atoms with E-state index in [4.69, 9.17) is 16.3 Å². The molecule has 0 N–H and O–H groups in total. The lowest BCUT2D eigenvalue weighted by Crippen LogP contribution is -2.36. The fourth-order valence-corrected chi connectivity index (χ4v) is 4.55. The smallest absolute Gasteiger partial charge is 0.198 e. The molecule has 3 rings (SSSR count). The van der Waals surface area contributed by atoms with Gasteiger partial charge in [0.15, 0.2) is 9.99 Å². The third kappa shape index (κ3) is 2.69. The molecule has 2 aromatic carbocycles. The van der Waals surface area contributed by atoms with E-state index >= 15 is 0 Å². The minimum Gasteiger partial charge on any atom is -0.357 e. The first-order chi connectivity index (χ1) is 10.4. The van der Waals surface area contributed by atoms with E-state index < -0.39 is 15.9 Å². The fraction of sp³-hybridized carbons (Fsp3) is 0.278. The summed E-state index contributed by atoms with van der Waals surface area (Å²) in [5.41, 5.74) is 0.0178. The van der Waals surface area contributed by atoms with Gasteiger partial charge in [-0.2, -0.15) is 0 Å². The lowest BCUT2D eigenvalue weighted by Gasteiger charge is -2.25. The van der Waals surface area contributed by atoms with Gasteiger partial charge >= 0.3 is 0 Å². The summed E-state index contributed by atoms with van der Waals surface area (Å²) in [4.78, 5) is 13.8. The number of hydrogen-bond acceptors (Lipinski definition) is 3. The van der Waals surface area contributed by atoms with Gasteiger partial charge in [-0.15, -0.1) is 0 Å². The standard InChI is InChI=1S/C18H17ClO2S/c1-17(2)16(20)18(19,22-14-11-7-4-8-12-14)15(21-17)13-9-5-3-6-10-13/h3-12,15H,1-2H3/t15-,18?/m1/s1. The molecule has 22 heavy (non-hydrogen) atoms. The number of ketones is 1. The van der Waals surface area contributed by atoms with Crippen LogP contribution in [0.1, 0.15) is 25.5 Å². The molecule has 4 heteroatoms. The van der Waals surface area contributed by atoms with Crippen molar-refractivity contribution in [1.29, 1.82) is 0 Å². The van der Waals surface area contributed by atoms with Crippen LogP contribution < -0.4 is 0 Å². The van der Waals surface area contributed by atoms with Gasteiger partial charge in [0.1, 0.15) is 11.7 Å². The zero-order valence-electron chi connectivity index (χ0n) is 12.5. The highest BCUT2D eigenvalue weighted by molar-refractivity contribution is 8.02. The summed E-state index contributed by atoms with van der Waals surface area (Å²) in [6.07, 6.45) is -0.483. The molecule has 1 fully saturated rings. The number of carbonyl (C=O) groups is 1. The molecule has 0 spiro atoms. The van der Waals surface area contributed by atoms with E-state index in [0.29, 0.717) is 0 Å². The van der Waals surface area contributed by atoms with E-state index in [1.807, 2.05) is 60.7 Å². The molecule has 1 saturated heterocycles. The summed E-state index contributed by atoms with van der Waals surface area (Å²) >= 11 is 8.19. The van der Waals surface area contributed by atoms with Crippen molar-refractivity contribution in [3.63, 3.8) is 0 Å². The van der Waals surface area contributed by atoms with Crippen molar-refractivity contribution >= 4 is 29.1 Å². The van der Waals surface area contributed by atoms with Gasteiger partial charge in [-0.25, -0.2) is 0 Å². The quantitative estimate of drug-likeness (QED) is 0.753. The highest BCUT2D eigenvalue weighted by atomic mass is 35.5. The van der Waals surface area contributed by atoms with Crippen LogP contribution in [0, 0.1) is 0 Å². The third-order valence-electron chi connectivity index (χ3n) is 3.72. The molecule has 1 heterocycles. The fourth-order valence-electron chi connectivity index (χ4n) is 2.62. The number of ether oxygens (including phenoxy) is 1. The third-order valence-corrected chi connectivity index (χ3v) is 5.52. The minimum atomic E-state index is -1.16. The van der Waals surface area contributed by atoms with Crippen LogP contribution in [0.3, 0.4) is 0 Å². The first kappa shape index (κ1) is 15.6. The Balaban J connectivity index is 2.02. The molecule has 1 aliphatic rings. The van der Waals surface area contributed by atoms with Crippen LogP contribution in [0.5, 0.6) is 0 Å². The summed E-state index contributed by atoms with van der Waals surface area (Å²) < 4.78 is 4.87. The molecule has 1 unspecified atom stereocenters. The molecule has 0 saturated carbocycles. The maximum atomic E-state index is 12.9. The number of hydrogen-bond donors (Lipinski definition) is 0. The molecule has 2 nitrogen and oxygen atoms in total. The molecular weight excluding hydrogens is 316 g/mol. The Bertz CT molecular complexity index is 672. The Kier molecular flexibility index (Phi) is 4.06. The number of Topliss-reactive ketones (excluding diaryl/α,β-unsaturated/α-hetero) is 1. The van der Waals surface area contributed by atoms with Crippen molar-refractivity contribution in [2.75, 3.05) is 0 Å². The van der Waals surface area contributed by atoms with Crippen LogP contribution in [0.25, 0.3) is 0 Å².